The van der Waals surface area contributed by atoms with E-state index in [1.165, 1.54) is 0 Å². The van der Waals surface area contributed by atoms with Crippen LogP contribution in [-0.4, -0.2) is 47.6 Å². The summed E-state index contributed by atoms with van der Waals surface area (Å²) < 4.78 is 32.7. The van der Waals surface area contributed by atoms with Gasteiger partial charge in [0, 0.05) is 37.0 Å². The van der Waals surface area contributed by atoms with Gasteiger partial charge in [-0.2, -0.15) is 0 Å². The number of rotatable bonds is 17. The van der Waals surface area contributed by atoms with E-state index >= 15 is 0 Å². The number of nitrogens with one attached hydrogen (secondary N) is 2. The van der Waals surface area contributed by atoms with Crippen LogP contribution in [0, 0.1) is 0 Å². The molecule has 0 spiro atoms. The van der Waals surface area contributed by atoms with Crippen LogP contribution in [0.4, 0.5) is 10.5 Å². The molecular formula is C34H36Cl2N3O6P. The highest BCUT2D eigenvalue weighted by Gasteiger charge is 2.33. The molecule has 0 heterocycles. The number of alkyl halides is 2. The third-order valence-corrected chi connectivity index (χ3v) is 9.19. The first-order valence-electron chi connectivity index (χ1n) is 14.7. The number of halogens is 2. The van der Waals surface area contributed by atoms with Crippen LogP contribution in [0.5, 0.6) is 5.75 Å². The van der Waals surface area contributed by atoms with Crippen LogP contribution >= 0.6 is 30.9 Å². The number of para-hydroxylation sites is 1. The van der Waals surface area contributed by atoms with E-state index in [1.54, 1.807) is 53.2 Å². The van der Waals surface area contributed by atoms with Gasteiger partial charge in [0.05, 0.1) is 0 Å². The highest BCUT2D eigenvalue weighted by atomic mass is 35.5. The molecule has 0 aliphatic heterocycles. The number of anilines is 1. The molecule has 46 heavy (non-hydrogen) atoms. The fourth-order valence-corrected chi connectivity index (χ4v) is 6.95. The third-order valence-electron chi connectivity index (χ3n) is 6.71. The van der Waals surface area contributed by atoms with E-state index in [0.29, 0.717) is 17.0 Å². The Morgan fingerprint density at radius 3 is 1.76 bits per heavy atom. The Labute approximate surface area is 279 Å². The summed E-state index contributed by atoms with van der Waals surface area (Å²) in [5, 5.41) is 5.69. The average Bonchev–Trinajstić information content (AvgIpc) is 3.08. The van der Waals surface area contributed by atoms with Gasteiger partial charge < -0.3 is 19.3 Å². The number of alkyl carbamates (subject to hydrolysis) is 1. The Morgan fingerprint density at radius 2 is 1.22 bits per heavy atom. The van der Waals surface area contributed by atoms with Crippen molar-refractivity contribution >= 4 is 48.6 Å². The molecule has 0 fully saturated rings. The Bertz CT molecular complexity index is 1540. The molecule has 0 saturated carbocycles. The molecule has 242 valence electrons. The second-order valence-electron chi connectivity index (χ2n) is 10.1. The van der Waals surface area contributed by atoms with Gasteiger partial charge in [-0.05, 0) is 41.0 Å². The zero-order valence-electron chi connectivity index (χ0n) is 25.1. The number of benzene rings is 4. The van der Waals surface area contributed by atoms with Crippen molar-refractivity contribution in [2.45, 2.75) is 25.7 Å². The van der Waals surface area contributed by atoms with Crippen LogP contribution in [0.1, 0.15) is 16.7 Å². The molecule has 0 saturated heterocycles. The largest absolute Gasteiger partial charge is 0.459 e. The summed E-state index contributed by atoms with van der Waals surface area (Å²) in [6, 6.07) is 33.3. The van der Waals surface area contributed by atoms with Crippen molar-refractivity contribution in [1.29, 1.82) is 0 Å². The summed E-state index contributed by atoms with van der Waals surface area (Å²) in [6.45, 7) is 0.663. The number of nitrogens with zero attached hydrogens (tertiary/aromatic N) is 1. The molecule has 0 bridgehead atoms. The minimum atomic E-state index is -3.69. The Kier molecular flexibility index (Phi) is 13.8. The lowest BCUT2D eigenvalue weighted by Gasteiger charge is -2.31. The normalized spacial score (nSPS) is 12.8. The minimum absolute atomic E-state index is 0.0500. The molecule has 4 rings (SSSR count). The minimum Gasteiger partial charge on any atom is -0.459 e. The quantitative estimate of drug-likeness (QED) is 0.0664. The van der Waals surface area contributed by atoms with Crippen LogP contribution in [-0.2, 0) is 38.5 Å². The topological polar surface area (TPSA) is 106 Å². The summed E-state index contributed by atoms with van der Waals surface area (Å²) in [7, 11) is -3.69. The fraction of sp³-hybridized carbons (Fsp3) is 0.235. The zero-order chi connectivity index (χ0) is 32.6. The summed E-state index contributed by atoms with van der Waals surface area (Å²) >= 11 is 12.0. The highest BCUT2D eigenvalue weighted by molar-refractivity contribution is 7.58. The van der Waals surface area contributed by atoms with Crippen molar-refractivity contribution in [1.82, 2.24) is 9.99 Å². The lowest BCUT2D eigenvalue weighted by Crippen LogP contribution is -2.43. The van der Waals surface area contributed by atoms with Crippen LogP contribution in [0.3, 0.4) is 0 Å². The van der Waals surface area contributed by atoms with E-state index in [-0.39, 0.29) is 44.5 Å². The molecule has 2 N–H and O–H groups in total. The molecular weight excluding hydrogens is 648 g/mol. The van der Waals surface area contributed by atoms with Gasteiger partial charge in [-0.15, -0.1) is 23.2 Å². The van der Waals surface area contributed by atoms with E-state index < -0.39 is 25.8 Å². The lowest BCUT2D eigenvalue weighted by molar-refractivity contribution is -0.147. The standard InChI is InChI=1S/C34H36Cl2N3O6P/c35-20-22-39(23-21-36)46(42,45-31-14-8-3-9-15-31)38-30-18-16-27(17-19-30)24-32(33(40)43-25-28-10-4-1-5-11-28)37-34(41)44-26-29-12-6-2-7-13-29/h1-19,32H,20-26H2,(H,37,41)(H,38,42)/t32-,46-/m1/s1. The summed E-state index contributed by atoms with van der Waals surface area (Å²) in [5.74, 6) is 0.261. The summed E-state index contributed by atoms with van der Waals surface area (Å²) in [6.07, 6.45) is -0.626. The second kappa shape index (κ2) is 18.2. The van der Waals surface area contributed by atoms with Gasteiger partial charge in [0.1, 0.15) is 25.0 Å². The maximum atomic E-state index is 14.2. The Balaban J connectivity index is 1.47. The number of carbonyl (C=O) groups excluding carboxylic acids is 2. The molecule has 4 aromatic carbocycles. The molecule has 0 aromatic heterocycles. The summed E-state index contributed by atoms with van der Waals surface area (Å²) in [5.41, 5.74) is 2.85. The molecule has 9 nitrogen and oxygen atoms in total. The molecule has 4 aromatic rings. The molecule has 0 unspecified atom stereocenters. The first-order valence-corrected chi connectivity index (χ1v) is 17.3. The molecule has 0 aliphatic rings. The van der Waals surface area contributed by atoms with E-state index in [4.69, 9.17) is 37.2 Å². The fourth-order valence-electron chi connectivity index (χ4n) is 4.39. The van der Waals surface area contributed by atoms with E-state index in [0.717, 1.165) is 11.1 Å². The maximum absolute atomic E-state index is 14.2. The first kappa shape index (κ1) is 34.9. The van der Waals surface area contributed by atoms with Crippen molar-refractivity contribution in [2.24, 2.45) is 0 Å². The number of esters is 1. The Hall–Kier alpha value is -4.01. The van der Waals surface area contributed by atoms with Gasteiger partial charge in [-0.1, -0.05) is 91.0 Å². The van der Waals surface area contributed by atoms with Gasteiger partial charge in [0.25, 0.3) is 0 Å². The van der Waals surface area contributed by atoms with Crippen LogP contribution < -0.4 is 14.9 Å². The molecule has 12 heteroatoms. The van der Waals surface area contributed by atoms with Gasteiger partial charge in [0.15, 0.2) is 0 Å². The summed E-state index contributed by atoms with van der Waals surface area (Å²) in [4.78, 5) is 25.9. The molecule has 0 aliphatic carbocycles. The van der Waals surface area contributed by atoms with Gasteiger partial charge >= 0.3 is 19.7 Å². The number of hydrogen-bond acceptors (Lipinski definition) is 6. The predicted octanol–water partition coefficient (Wildman–Crippen LogP) is 7.65. The third kappa shape index (κ3) is 11.1. The predicted molar refractivity (Wildman–Crippen MR) is 181 cm³/mol. The van der Waals surface area contributed by atoms with Gasteiger partial charge in [-0.3, -0.25) is 5.09 Å². The van der Waals surface area contributed by atoms with E-state index in [9.17, 15) is 14.2 Å². The van der Waals surface area contributed by atoms with E-state index in [2.05, 4.69) is 10.4 Å². The van der Waals surface area contributed by atoms with Crippen molar-refractivity contribution < 1.29 is 28.2 Å². The number of hydrogen-bond donors (Lipinski definition) is 2. The zero-order valence-corrected chi connectivity index (χ0v) is 27.5. The van der Waals surface area contributed by atoms with Crippen molar-refractivity contribution in [3.05, 3.63) is 132 Å². The van der Waals surface area contributed by atoms with Gasteiger partial charge in [0.2, 0.25) is 0 Å². The molecule has 0 radical (unpaired) electrons. The number of carbonyl (C=O) groups is 2. The second-order valence-corrected chi connectivity index (χ2v) is 12.9. The van der Waals surface area contributed by atoms with E-state index in [1.807, 2.05) is 66.7 Å². The van der Waals surface area contributed by atoms with Crippen molar-refractivity contribution in [3.63, 3.8) is 0 Å². The molecule has 2 atom stereocenters. The smallest absolute Gasteiger partial charge is 0.419 e. The monoisotopic (exact) mass is 683 g/mol. The van der Waals surface area contributed by atoms with Crippen molar-refractivity contribution in [3.8, 4) is 5.75 Å². The number of amides is 1. The van der Waals surface area contributed by atoms with Crippen LogP contribution in [0.15, 0.2) is 115 Å². The van der Waals surface area contributed by atoms with Gasteiger partial charge in [-0.25, -0.2) is 18.8 Å². The SMILES string of the molecule is O=C(N[C@H](Cc1ccc(N[P@@](=O)(Oc2ccccc2)N(CCCl)CCCl)cc1)C(=O)OCc1ccccc1)OCc1ccccc1. The molecule has 1 amide bonds. The average molecular weight is 685 g/mol. The maximum Gasteiger partial charge on any atom is 0.419 e. The Morgan fingerprint density at radius 1 is 0.696 bits per heavy atom. The lowest BCUT2D eigenvalue weighted by atomic mass is 10.1. The first-order chi connectivity index (χ1) is 22.4. The van der Waals surface area contributed by atoms with Crippen LogP contribution in [0.25, 0.3) is 0 Å². The van der Waals surface area contributed by atoms with Crippen LogP contribution in [0.2, 0.25) is 0 Å². The highest BCUT2D eigenvalue weighted by Crippen LogP contribution is 2.50. The van der Waals surface area contributed by atoms with Crippen molar-refractivity contribution in [2.75, 3.05) is 29.9 Å². The number of ether oxygens (including phenoxy) is 2.